The number of likely N-dealkylation sites (tertiary alicyclic amines) is 1. The van der Waals surface area contributed by atoms with Crippen molar-refractivity contribution in [1.29, 1.82) is 0 Å². The Morgan fingerprint density at radius 1 is 1.39 bits per heavy atom. The minimum atomic E-state index is 0.228. The maximum Gasteiger partial charge on any atom is 0.176 e. The van der Waals surface area contributed by atoms with Gasteiger partial charge in [-0.25, -0.2) is 0 Å². The molecule has 98 valence electrons. The van der Waals surface area contributed by atoms with Gasteiger partial charge in [-0.15, -0.1) is 0 Å². The fraction of sp³-hybridized carbons (Fsp3) is 0.500. The lowest BCUT2D eigenvalue weighted by Gasteiger charge is -2.19. The molecule has 3 nitrogen and oxygen atoms in total. The van der Waals surface area contributed by atoms with Crippen molar-refractivity contribution in [3.8, 4) is 0 Å². The molecule has 0 saturated carbocycles. The van der Waals surface area contributed by atoms with E-state index < -0.39 is 0 Å². The van der Waals surface area contributed by atoms with Gasteiger partial charge in [0.25, 0.3) is 0 Å². The summed E-state index contributed by atoms with van der Waals surface area (Å²) in [6.07, 6.45) is 1.16. The van der Waals surface area contributed by atoms with Crippen LogP contribution in [0.3, 0.4) is 0 Å². The lowest BCUT2D eigenvalue weighted by Crippen LogP contribution is -2.33. The van der Waals surface area contributed by atoms with Crippen molar-refractivity contribution >= 4 is 28.4 Å². The van der Waals surface area contributed by atoms with Crippen molar-refractivity contribution in [3.05, 3.63) is 33.4 Å². The molecule has 1 fully saturated rings. The average molecular weight is 358 g/mol. The fourth-order valence-corrected chi connectivity index (χ4v) is 2.67. The molecule has 4 heteroatoms. The third kappa shape index (κ3) is 3.52. The van der Waals surface area contributed by atoms with E-state index in [1.165, 1.54) is 0 Å². The zero-order valence-electron chi connectivity index (χ0n) is 10.9. The molecule has 1 aromatic rings. The van der Waals surface area contributed by atoms with Gasteiger partial charge >= 0.3 is 0 Å². The highest BCUT2D eigenvalue weighted by Gasteiger charge is 2.25. The predicted molar refractivity (Wildman–Crippen MR) is 82.0 cm³/mol. The largest absolute Gasteiger partial charge is 0.305 e. The van der Waals surface area contributed by atoms with E-state index in [9.17, 15) is 4.79 Å². The van der Waals surface area contributed by atoms with E-state index in [1.807, 2.05) is 24.3 Å². The monoisotopic (exact) mass is 358 g/mol. The highest BCUT2D eigenvalue weighted by atomic mass is 127. The Hall–Kier alpha value is -0.460. The molecule has 0 spiro atoms. The lowest BCUT2D eigenvalue weighted by molar-refractivity contribution is 0.0941. The number of likely N-dealkylation sites (N-methyl/N-ethyl adjacent to an activating group) is 1. The first kappa shape index (κ1) is 14.0. The molecular formula is C14H19IN2O. The van der Waals surface area contributed by atoms with Gasteiger partial charge in [0.2, 0.25) is 0 Å². The van der Waals surface area contributed by atoms with Crippen molar-refractivity contribution in [3.63, 3.8) is 0 Å². The van der Waals surface area contributed by atoms with E-state index in [1.54, 1.807) is 0 Å². The van der Waals surface area contributed by atoms with Crippen molar-refractivity contribution < 1.29 is 4.79 Å². The van der Waals surface area contributed by atoms with Gasteiger partial charge in [-0.1, -0.05) is 12.1 Å². The molecule has 0 aliphatic carbocycles. The van der Waals surface area contributed by atoms with Crippen LogP contribution in [0.15, 0.2) is 24.3 Å². The van der Waals surface area contributed by atoms with Crippen molar-refractivity contribution in [2.75, 3.05) is 33.7 Å². The third-order valence-corrected chi connectivity index (χ3v) is 4.23. The number of rotatable bonds is 4. The second kappa shape index (κ2) is 6.12. The molecule has 1 heterocycles. The van der Waals surface area contributed by atoms with Gasteiger partial charge in [0.1, 0.15) is 0 Å². The van der Waals surface area contributed by atoms with Crippen LogP contribution in [0.4, 0.5) is 0 Å². The Morgan fingerprint density at radius 3 is 2.61 bits per heavy atom. The molecule has 1 atom stereocenters. The van der Waals surface area contributed by atoms with Gasteiger partial charge in [-0.2, -0.15) is 0 Å². The summed E-state index contributed by atoms with van der Waals surface area (Å²) in [4.78, 5) is 16.6. The van der Waals surface area contributed by atoms with E-state index in [2.05, 4.69) is 46.5 Å². The molecule has 0 bridgehead atoms. The van der Waals surface area contributed by atoms with E-state index in [4.69, 9.17) is 0 Å². The summed E-state index contributed by atoms with van der Waals surface area (Å²) in [5, 5.41) is 0. The molecule has 1 aromatic carbocycles. The van der Waals surface area contributed by atoms with Gasteiger partial charge in [-0.3, -0.25) is 9.69 Å². The Kier molecular flexibility index (Phi) is 4.75. The summed E-state index contributed by atoms with van der Waals surface area (Å²) in [7, 11) is 4.21. The van der Waals surface area contributed by atoms with Crippen LogP contribution in [0.5, 0.6) is 0 Å². The summed E-state index contributed by atoms with van der Waals surface area (Å²) in [6.45, 7) is 2.58. The van der Waals surface area contributed by atoms with Crippen LogP contribution in [-0.2, 0) is 0 Å². The Labute approximate surface area is 122 Å². The SMILES string of the molecule is CN(C)C1CCN(CC(=O)c2ccc(I)cc2)C1. The van der Waals surface area contributed by atoms with E-state index in [0.717, 1.165) is 28.6 Å². The molecule has 0 aromatic heterocycles. The quantitative estimate of drug-likeness (QED) is 0.609. The fourth-order valence-electron chi connectivity index (χ4n) is 2.31. The van der Waals surface area contributed by atoms with Crippen LogP contribution >= 0.6 is 22.6 Å². The number of nitrogens with zero attached hydrogens (tertiary/aromatic N) is 2. The molecule has 1 aliphatic heterocycles. The Bertz CT molecular complexity index is 416. The first-order valence-corrected chi connectivity index (χ1v) is 7.31. The molecule has 1 unspecified atom stereocenters. The number of carbonyl (C=O) groups excluding carboxylic acids is 1. The summed E-state index contributed by atoms with van der Waals surface area (Å²) < 4.78 is 1.16. The van der Waals surface area contributed by atoms with Gasteiger partial charge in [0, 0.05) is 28.3 Å². The summed E-state index contributed by atoms with van der Waals surface area (Å²) in [6, 6.07) is 8.41. The summed E-state index contributed by atoms with van der Waals surface area (Å²) in [5.74, 6) is 0.228. The number of Topliss-reactive ketones (excluding diaryl/α,β-unsaturated/α-hetero) is 1. The summed E-state index contributed by atoms with van der Waals surface area (Å²) >= 11 is 2.25. The van der Waals surface area contributed by atoms with Crippen LogP contribution in [-0.4, -0.2) is 55.4 Å². The average Bonchev–Trinajstić information content (AvgIpc) is 2.78. The molecule has 1 aliphatic rings. The predicted octanol–water partition coefficient (Wildman–Crippen LogP) is 2.11. The van der Waals surface area contributed by atoms with Crippen LogP contribution in [0.2, 0.25) is 0 Å². The zero-order chi connectivity index (χ0) is 13.1. The maximum absolute atomic E-state index is 12.1. The molecule has 0 amide bonds. The van der Waals surface area contributed by atoms with E-state index >= 15 is 0 Å². The number of benzene rings is 1. The van der Waals surface area contributed by atoms with Gasteiger partial charge < -0.3 is 4.90 Å². The lowest BCUT2D eigenvalue weighted by atomic mass is 10.1. The number of hydrogen-bond donors (Lipinski definition) is 0. The van der Waals surface area contributed by atoms with Crippen LogP contribution in [0, 0.1) is 3.57 Å². The first-order chi connectivity index (χ1) is 8.56. The molecule has 0 radical (unpaired) electrons. The molecule has 0 N–H and O–H groups in total. The van der Waals surface area contributed by atoms with Crippen molar-refractivity contribution in [1.82, 2.24) is 9.80 Å². The Morgan fingerprint density at radius 2 is 2.06 bits per heavy atom. The molecular weight excluding hydrogens is 339 g/mol. The first-order valence-electron chi connectivity index (χ1n) is 6.24. The van der Waals surface area contributed by atoms with E-state index in [-0.39, 0.29) is 5.78 Å². The second-order valence-corrected chi connectivity index (χ2v) is 6.32. The number of hydrogen-bond acceptors (Lipinski definition) is 3. The summed E-state index contributed by atoms with van der Waals surface area (Å²) in [5.41, 5.74) is 0.823. The highest BCUT2D eigenvalue weighted by Crippen LogP contribution is 2.14. The van der Waals surface area contributed by atoms with Crippen molar-refractivity contribution in [2.24, 2.45) is 0 Å². The molecule has 18 heavy (non-hydrogen) atoms. The molecule has 1 saturated heterocycles. The zero-order valence-corrected chi connectivity index (χ0v) is 13.1. The van der Waals surface area contributed by atoms with Crippen molar-refractivity contribution in [2.45, 2.75) is 12.5 Å². The van der Waals surface area contributed by atoms with Gasteiger partial charge in [0.15, 0.2) is 5.78 Å². The van der Waals surface area contributed by atoms with E-state index in [0.29, 0.717) is 12.6 Å². The smallest absolute Gasteiger partial charge is 0.176 e. The topological polar surface area (TPSA) is 23.6 Å². The highest BCUT2D eigenvalue weighted by molar-refractivity contribution is 14.1. The van der Waals surface area contributed by atoms with Gasteiger partial charge in [-0.05, 0) is 55.2 Å². The van der Waals surface area contributed by atoms with Crippen LogP contribution in [0.1, 0.15) is 16.8 Å². The number of halogens is 1. The van der Waals surface area contributed by atoms with Crippen LogP contribution in [0.25, 0.3) is 0 Å². The minimum absolute atomic E-state index is 0.228. The Balaban J connectivity index is 1.91. The number of carbonyl (C=O) groups is 1. The third-order valence-electron chi connectivity index (χ3n) is 3.51. The minimum Gasteiger partial charge on any atom is -0.305 e. The molecule has 2 rings (SSSR count). The number of ketones is 1. The van der Waals surface area contributed by atoms with Gasteiger partial charge in [0.05, 0.1) is 6.54 Å². The maximum atomic E-state index is 12.1. The standard InChI is InChI=1S/C14H19IN2O/c1-16(2)13-7-8-17(9-13)10-14(18)11-3-5-12(15)6-4-11/h3-6,13H,7-10H2,1-2H3. The normalized spacial score (nSPS) is 20.6. The second-order valence-electron chi connectivity index (χ2n) is 5.07. The van der Waals surface area contributed by atoms with Crippen LogP contribution < -0.4 is 0 Å².